The summed E-state index contributed by atoms with van der Waals surface area (Å²) in [6, 6.07) is 0.508. The summed E-state index contributed by atoms with van der Waals surface area (Å²) >= 11 is 0. The molecule has 2 aliphatic heterocycles. The summed E-state index contributed by atoms with van der Waals surface area (Å²) < 4.78 is 7.60. The minimum atomic E-state index is -1.12. The van der Waals surface area contributed by atoms with Gasteiger partial charge in [-0.15, -0.1) is 0 Å². The van der Waals surface area contributed by atoms with Crippen LogP contribution in [-0.2, 0) is 4.74 Å². The third-order valence-corrected chi connectivity index (χ3v) is 6.28. The van der Waals surface area contributed by atoms with Gasteiger partial charge >= 0.3 is 0 Å². The Morgan fingerprint density at radius 2 is 1.87 bits per heavy atom. The van der Waals surface area contributed by atoms with E-state index < -0.39 is 24.5 Å². The lowest BCUT2D eigenvalue weighted by Crippen LogP contribution is -2.34. The maximum atomic E-state index is 10.6. The van der Waals surface area contributed by atoms with Crippen LogP contribution in [0.2, 0.25) is 0 Å². The average Bonchev–Trinajstić information content (AvgIpc) is 3.49. The molecule has 4 heterocycles. The minimum absolute atomic E-state index is 0.108. The molecule has 9 nitrogen and oxygen atoms in total. The first-order valence-electron chi connectivity index (χ1n) is 10.9. The van der Waals surface area contributed by atoms with Gasteiger partial charge in [0, 0.05) is 6.04 Å². The Morgan fingerprint density at radius 1 is 1.03 bits per heavy atom. The normalized spacial score (nSPS) is 32.3. The van der Waals surface area contributed by atoms with Crippen LogP contribution in [0, 0.1) is 11.8 Å². The van der Waals surface area contributed by atoms with E-state index in [1.807, 2.05) is 0 Å². The average molecular weight is 412 g/mol. The van der Waals surface area contributed by atoms with Gasteiger partial charge in [-0.25, -0.2) is 15.0 Å². The lowest BCUT2D eigenvalue weighted by Gasteiger charge is -2.18. The molecule has 3 aliphatic rings. The summed E-state index contributed by atoms with van der Waals surface area (Å²) in [5, 5.41) is 27.9. The molecule has 0 aromatic carbocycles. The molecule has 1 aliphatic carbocycles. The van der Waals surface area contributed by atoms with Crippen LogP contribution in [0.5, 0.6) is 0 Å². The van der Waals surface area contributed by atoms with Gasteiger partial charge in [-0.1, -0.05) is 24.7 Å². The lowest BCUT2D eigenvalue weighted by molar-refractivity contribution is -0.0230. The van der Waals surface area contributed by atoms with Crippen molar-refractivity contribution in [3.63, 3.8) is 0 Å². The largest absolute Gasteiger partial charge is 0.386 e. The minimum Gasteiger partial charge on any atom is -0.386 e. The molecule has 9 heteroatoms. The second kappa shape index (κ2) is 8.47. The van der Waals surface area contributed by atoms with Crippen LogP contribution >= 0.6 is 0 Å². The van der Waals surface area contributed by atoms with E-state index in [1.54, 1.807) is 10.9 Å². The van der Waals surface area contributed by atoms with Gasteiger partial charge in [-0.3, -0.25) is 4.57 Å². The molecule has 0 radical (unpaired) electrons. The number of nitrogens with one attached hydrogen (secondary N) is 2. The van der Waals surface area contributed by atoms with Crippen LogP contribution in [0.1, 0.15) is 51.2 Å². The number of nitrogens with zero attached hydrogens (tertiary/aromatic N) is 4. The van der Waals surface area contributed by atoms with Gasteiger partial charge in [0.1, 0.15) is 24.6 Å². The Labute approximate surface area is 175 Å². The maximum absolute atomic E-state index is 10.6. The van der Waals surface area contributed by atoms with Crippen molar-refractivity contribution < 1.29 is 14.9 Å². The molecule has 2 aromatic rings. The molecule has 5 rings (SSSR count). The monoisotopic (exact) mass is 412 g/mol. The Hall–Kier alpha value is -2.25. The van der Waals surface area contributed by atoms with Crippen molar-refractivity contribution in [2.75, 3.05) is 11.9 Å². The van der Waals surface area contributed by atoms with Crippen molar-refractivity contribution in [1.82, 2.24) is 24.8 Å². The van der Waals surface area contributed by atoms with Crippen molar-refractivity contribution in [3.05, 3.63) is 12.7 Å². The molecule has 0 amide bonds. The molecule has 0 bridgehead atoms. The summed E-state index contributed by atoms with van der Waals surface area (Å²) in [7, 11) is 0. The smallest absolute Gasteiger partial charge is 0.167 e. The maximum Gasteiger partial charge on any atom is 0.167 e. The number of aliphatic hydroxyl groups excluding tert-OH is 2. The highest BCUT2D eigenvalue weighted by atomic mass is 16.6. The van der Waals surface area contributed by atoms with E-state index in [0.717, 1.165) is 38.6 Å². The number of aliphatic hydroxyl groups is 2. The molecule has 3 fully saturated rings. The first kappa shape index (κ1) is 19.7. The fourth-order valence-corrected chi connectivity index (χ4v) is 4.57. The Bertz CT molecular complexity index is 941. The number of anilines is 1. The van der Waals surface area contributed by atoms with E-state index in [9.17, 15) is 10.2 Å². The molecule has 5 atom stereocenters. The van der Waals surface area contributed by atoms with E-state index in [0.29, 0.717) is 23.0 Å². The van der Waals surface area contributed by atoms with Gasteiger partial charge < -0.3 is 25.6 Å². The molecule has 4 N–H and O–H groups in total. The van der Waals surface area contributed by atoms with E-state index in [-0.39, 0.29) is 6.04 Å². The number of imidazole rings is 1. The van der Waals surface area contributed by atoms with Crippen LogP contribution in [0.4, 0.5) is 5.82 Å². The number of piperidine rings is 1. The topological polar surface area (TPSA) is 117 Å². The predicted octanol–water partition coefficient (Wildman–Crippen LogP) is 0.945. The Balaban J connectivity index is 1.36. The molecule has 160 valence electrons. The van der Waals surface area contributed by atoms with Crippen LogP contribution in [-0.4, -0.2) is 66.7 Å². The third-order valence-electron chi connectivity index (χ3n) is 6.28. The number of ether oxygens (including phenoxy) is 1. The molecule has 0 spiro atoms. The summed E-state index contributed by atoms with van der Waals surface area (Å²) in [5.74, 6) is 6.85. The number of hydrogen-bond acceptors (Lipinski definition) is 8. The molecule has 2 aromatic heterocycles. The van der Waals surface area contributed by atoms with Gasteiger partial charge in [0.15, 0.2) is 23.2 Å². The fraction of sp³-hybridized carbons (Fsp3) is 0.667. The van der Waals surface area contributed by atoms with E-state index in [2.05, 4.69) is 37.4 Å². The second-order valence-corrected chi connectivity index (χ2v) is 8.39. The van der Waals surface area contributed by atoms with Gasteiger partial charge in [-0.05, 0) is 38.6 Å². The third kappa shape index (κ3) is 3.76. The van der Waals surface area contributed by atoms with Crippen molar-refractivity contribution in [2.45, 2.75) is 81.6 Å². The molecule has 1 unspecified atom stereocenters. The molecular formula is C21H28N6O3. The van der Waals surface area contributed by atoms with Crippen molar-refractivity contribution >= 4 is 17.0 Å². The van der Waals surface area contributed by atoms with Gasteiger partial charge in [0.05, 0.1) is 12.4 Å². The molecular weight excluding hydrogens is 384 g/mol. The van der Waals surface area contributed by atoms with Crippen LogP contribution in [0.25, 0.3) is 11.2 Å². The highest BCUT2D eigenvalue weighted by Gasteiger charge is 2.43. The zero-order chi connectivity index (χ0) is 20.5. The molecule has 30 heavy (non-hydrogen) atoms. The van der Waals surface area contributed by atoms with E-state index >= 15 is 0 Å². The highest BCUT2D eigenvalue weighted by molar-refractivity contribution is 5.82. The van der Waals surface area contributed by atoms with Crippen LogP contribution in [0.15, 0.2) is 12.7 Å². The number of hydrogen-bond donors (Lipinski definition) is 4. The number of fused-ring (bicyclic) bond motifs is 1. The van der Waals surface area contributed by atoms with Crippen molar-refractivity contribution in [2.24, 2.45) is 0 Å². The Morgan fingerprint density at radius 3 is 2.67 bits per heavy atom. The first-order chi connectivity index (χ1) is 14.7. The lowest BCUT2D eigenvalue weighted by atomic mass is 10.0. The number of aromatic nitrogens is 4. The SMILES string of the molecule is O[C@@H]1[C@H](O)[C@@H](C#CC2CCCCN2)O[C@H]1n1cnc2c(NC3CCCC3)ncnc21. The summed E-state index contributed by atoms with van der Waals surface area (Å²) in [6.07, 6.45) is 7.27. The van der Waals surface area contributed by atoms with Crippen LogP contribution < -0.4 is 10.6 Å². The zero-order valence-corrected chi connectivity index (χ0v) is 16.9. The predicted molar refractivity (Wildman–Crippen MR) is 111 cm³/mol. The van der Waals surface area contributed by atoms with Crippen LogP contribution in [0.3, 0.4) is 0 Å². The first-order valence-corrected chi connectivity index (χ1v) is 10.9. The summed E-state index contributed by atoms with van der Waals surface area (Å²) in [6.45, 7) is 0.955. The quantitative estimate of drug-likeness (QED) is 0.551. The zero-order valence-electron chi connectivity index (χ0n) is 16.9. The molecule has 2 saturated heterocycles. The standard InChI is InChI=1S/C21H28N6O3/c28-17-15(9-8-13-5-3-4-10-22-13)30-21(18(17)29)27-12-25-16-19(23-11-24-20(16)27)26-14-6-1-2-7-14/h11-15,17-18,21-22,28-29H,1-7,10H2,(H,23,24,26)/t13?,15-,17-,18-,21-/m1/s1. The Kier molecular flexibility index (Phi) is 5.56. The summed E-state index contributed by atoms with van der Waals surface area (Å²) in [5.41, 5.74) is 1.19. The summed E-state index contributed by atoms with van der Waals surface area (Å²) in [4.78, 5) is 13.2. The number of rotatable bonds is 3. The van der Waals surface area contributed by atoms with Gasteiger partial charge in [0.2, 0.25) is 0 Å². The van der Waals surface area contributed by atoms with Crippen molar-refractivity contribution in [3.8, 4) is 11.8 Å². The van der Waals surface area contributed by atoms with Gasteiger partial charge in [0.25, 0.3) is 0 Å². The van der Waals surface area contributed by atoms with Gasteiger partial charge in [-0.2, -0.15) is 0 Å². The molecule has 1 saturated carbocycles. The van der Waals surface area contributed by atoms with E-state index in [1.165, 1.54) is 19.2 Å². The second-order valence-electron chi connectivity index (χ2n) is 8.39. The van der Waals surface area contributed by atoms with Crippen molar-refractivity contribution in [1.29, 1.82) is 0 Å². The fourth-order valence-electron chi connectivity index (χ4n) is 4.57. The highest BCUT2D eigenvalue weighted by Crippen LogP contribution is 2.32. The van der Waals surface area contributed by atoms with E-state index in [4.69, 9.17) is 4.74 Å².